The fourth-order valence-corrected chi connectivity index (χ4v) is 3.54. The summed E-state index contributed by atoms with van der Waals surface area (Å²) in [6.45, 7) is 0. The first-order valence-corrected chi connectivity index (χ1v) is 8.07. The van der Waals surface area contributed by atoms with Gasteiger partial charge in [0, 0.05) is 11.8 Å². The zero-order chi connectivity index (χ0) is 13.3. The van der Waals surface area contributed by atoms with Gasteiger partial charge in [0.15, 0.2) is 0 Å². The van der Waals surface area contributed by atoms with E-state index in [1.807, 2.05) is 0 Å². The van der Waals surface area contributed by atoms with Crippen molar-refractivity contribution in [2.75, 3.05) is 11.8 Å². The molecule has 0 spiro atoms. The molecule has 0 aliphatic carbocycles. The number of alkyl halides is 2. The van der Waals surface area contributed by atoms with Gasteiger partial charge in [0.25, 0.3) is 0 Å². The molecule has 0 aromatic rings. The number of rotatable bonds is 10. The number of hydrogen-bond donors (Lipinski definition) is 2. The molecular weight excluding hydrogens is 287 g/mol. The van der Waals surface area contributed by atoms with E-state index in [1.54, 1.807) is 0 Å². The molecule has 4 nitrogen and oxygen atoms in total. The Hall–Kier alpha value is 0.190. The standard InChI is InChI=1S/C10H18Cl2O4S/c11-5-1-3-9(7-13)17(15,16)10(8-14)4-2-6-12/h7-10,15-16H,1-6H2. The molecule has 2 unspecified atom stereocenters. The largest absolute Gasteiger partial charge is 0.301 e. The zero-order valence-corrected chi connectivity index (χ0v) is 11.8. The van der Waals surface area contributed by atoms with Crippen LogP contribution in [0.5, 0.6) is 0 Å². The molecule has 7 heteroatoms. The van der Waals surface area contributed by atoms with E-state index in [9.17, 15) is 18.7 Å². The van der Waals surface area contributed by atoms with E-state index in [-0.39, 0.29) is 12.8 Å². The van der Waals surface area contributed by atoms with E-state index >= 15 is 0 Å². The van der Waals surface area contributed by atoms with Gasteiger partial charge >= 0.3 is 0 Å². The molecule has 0 rings (SSSR count). The van der Waals surface area contributed by atoms with Gasteiger partial charge in [-0.15, -0.1) is 23.2 Å². The highest BCUT2D eigenvalue weighted by atomic mass is 35.5. The maximum Gasteiger partial charge on any atom is 0.142 e. The fraction of sp³-hybridized carbons (Fsp3) is 0.800. The van der Waals surface area contributed by atoms with E-state index in [0.717, 1.165) is 0 Å². The van der Waals surface area contributed by atoms with Crippen molar-refractivity contribution in [3.05, 3.63) is 0 Å². The monoisotopic (exact) mass is 304 g/mol. The van der Waals surface area contributed by atoms with Crippen molar-refractivity contribution >= 4 is 46.4 Å². The quantitative estimate of drug-likeness (QED) is 0.481. The van der Waals surface area contributed by atoms with Crippen molar-refractivity contribution in [3.8, 4) is 0 Å². The molecule has 0 aromatic carbocycles. The van der Waals surface area contributed by atoms with Crippen LogP contribution in [0.2, 0.25) is 0 Å². The van der Waals surface area contributed by atoms with Crippen LogP contribution in [-0.4, -0.2) is 43.9 Å². The van der Waals surface area contributed by atoms with E-state index in [0.29, 0.717) is 37.2 Å². The van der Waals surface area contributed by atoms with Gasteiger partial charge in [-0.2, -0.15) is 10.6 Å². The number of carbonyl (C=O) groups is 2. The minimum atomic E-state index is -3.26. The van der Waals surface area contributed by atoms with Gasteiger partial charge in [0.1, 0.15) is 23.1 Å². The van der Waals surface area contributed by atoms with Crippen LogP contribution in [0.3, 0.4) is 0 Å². The van der Waals surface area contributed by atoms with Crippen LogP contribution in [0.4, 0.5) is 0 Å². The first kappa shape index (κ1) is 17.2. The summed E-state index contributed by atoms with van der Waals surface area (Å²) in [5.74, 6) is 0.681. The maximum absolute atomic E-state index is 10.9. The molecule has 102 valence electrons. The predicted molar refractivity (Wildman–Crippen MR) is 72.5 cm³/mol. The third kappa shape index (κ3) is 5.57. The lowest BCUT2D eigenvalue weighted by Crippen LogP contribution is -2.30. The van der Waals surface area contributed by atoms with Crippen LogP contribution in [0.25, 0.3) is 0 Å². The molecule has 2 N–H and O–H groups in total. The normalized spacial score (nSPS) is 16.2. The lowest BCUT2D eigenvalue weighted by atomic mass is 10.2. The molecule has 2 atom stereocenters. The van der Waals surface area contributed by atoms with Gasteiger partial charge in [-0.25, -0.2) is 0 Å². The first-order chi connectivity index (χ1) is 8.04. The summed E-state index contributed by atoms with van der Waals surface area (Å²) in [6.07, 6.45) is 2.56. The van der Waals surface area contributed by atoms with E-state index in [2.05, 4.69) is 0 Å². The van der Waals surface area contributed by atoms with Gasteiger partial charge in [-0.1, -0.05) is 0 Å². The Morgan fingerprint density at radius 1 is 0.941 bits per heavy atom. The fourth-order valence-electron chi connectivity index (χ4n) is 1.43. The highest BCUT2D eigenvalue weighted by Gasteiger charge is 2.33. The van der Waals surface area contributed by atoms with Crippen molar-refractivity contribution in [2.45, 2.75) is 36.2 Å². The average molecular weight is 305 g/mol. The summed E-state index contributed by atoms with van der Waals surface area (Å²) < 4.78 is 20.0. The highest BCUT2D eigenvalue weighted by molar-refractivity contribution is 8.26. The molecule has 0 fully saturated rings. The van der Waals surface area contributed by atoms with Crippen molar-refractivity contribution in [1.82, 2.24) is 0 Å². The Bertz CT molecular complexity index is 216. The van der Waals surface area contributed by atoms with Crippen molar-refractivity contribution in [2.24, 2.45) is 0 Å². The Morgan fingerprint density at radius 2 is 1.29 bits per heavy atom. The molecule has 0 heterocycles. The van der Waals surface area contributed by atoms with E-state index < -0.39 is 21.1 Å². The Balaban J connectivity index is 4.64. The summed E-state index contributed by atoms with van der Waals surface area (Å²) in [6, 6.07) is 0. The molecule has 17 heavy (non-hydrogen) atoms. The summed E-state index contributed by atoms with van der Waals surface area (Å²) in [7, 11) is -3.26. The minimum absolute atomic E-state index is 0.278. The molecule has 0 amide bonds. The SMILES string of the molecule is O=CC(CCCCl)S(O)(O)C(C=O)CCCCl. The second-order valence-corrected chi connectivity index (χ2v) is 6.90. The smallest absolute Gasteiger partial charge is 0.142 e. The van der Waals surface area contributed by atoms with E-state index in [4.69, 9.17) is 23.2 Å². The molecule has 0 aliphatic heterocycles. The van der Waals surface area contributed by atoms with Crippen molar-refractivity contribution in [1.29, 1.82) is 0 Å². The predicted octanol–water partition coefficient (Wildman–Crippen LogP) is 2.91. The third-order valence-electron chi connectivity index (χ3n) is 2.44. The van der Waals surface area contributed by atoms with Gasteiger partial charge in [-0.05, 0) is 25.7 Å². The molecule has 0 aliphatic rings. The lowest BCUT2D eigenvalue weighted by Gasteiger charge is -2.41. The van der Waals surface area contributed by atoms with Crippen LogP contribution in [-0.2, 0) is 9.59 Å². The second kappa shape index (κ2) is 9.16. The number of carbonyl (C=O) groups excluding carboxylic acids is 2. The van der Waals surface area contributed by atoms with Crippen LogP contribution in [0, 0.1) is 0 Å². The van der Waals surface area contributed by atoms with Gasteiger partial charge in [-0.3, -0.25) is 9.11 Å². The van der Waals surface area contributed by atoms with Gasteiger partial charge in [0.05, 0.1) is 0 Å². The van der Waals surface area contributed by atoms with Crippen molar-refractivity contribution < 1.29 is 18.7 Å². The summed E-state index contributed by atoms with van der Waals surface area (Å²) in [4.78, 5) is 21.7. The molecule has 0 bridgehead atoms. The van der Waals surface area contributed by atoms with Crippen molar-refractivity contribution in [3.63, 3.8) is 0 Å². The molecule has 0 saturated heterocycles. The third-order valence-corrected chi connectivity index (χ3v) is 5.45. The molecule has 0 radical (unpaired) electrons. The molecule has 0 saturated carbocycles. The Morgan fingerprint density at radius 3 is 1.53 bits per heavy atom. The van der Waals surface area contributed by atoms with Crippen LogP contribution in [0.15, 0.2) is 0 Å². The summed E-state index contributed by atoms with van der Waals surface area (Å²) >= 11 is 11.0. The van der Waals surface area contributed by atoms with Gasteiger partial charge < -0.3 is 9.59 Å². The second-order valence-electron chi connectivity index (χ2n) is 3.65. The first-order valence-electron chi connectivity index (χ1n) is 5.33. The molecule has 0 aromatic heterocycles. The number of halogens is 2. The Labute approximate surface area is 113 Å². The van der Waals surface area contributed by atoms with Gasteiger partial charge in [0.2, 0.25) is 0 Å². The van der Waals surface area contributed by atoms with Crippen LogP contribution >= 0.6 is 33.8 Å². The average Bonchev–Trinajstić information content (AvgIpc) is 2.30. The Kier molecular flexibility index (Phi) is 9.27. The lowest BCUT2D eigenvalue weighted by molar-refractivity contribution is -0.107. The minimum Gasteiger partial charge on any atom is -0.301 e. The summed E-state index contributed by atoms with van der Waals surface area (Å²) in [5.41, 5.74) is 0. The van der Waals surface area contributed by atoms with Crippen LogP contribution < -0.4 is 0 Å². The zero-order valence-electron chi connectivity index (χ0n) is 9.43. The highest BCUT2D eigenvalue weighted by Crippen LogP contribution is 2.50. The molecular formula is C10H18Cl2O4S. The van der Waals surface area contributed by atoms with Crippen LogP contribution in [0.1, 0.15) is 25.7 Å². The number of aldehydes is 2. The topological polar surface area (TPSA) is 74.6 Å². The summed E-state index contributed by atoms with van der Waals surface area (Å²) in [5, 5.41) is -1.85. The number of hydrogen-bond acceptors (Lipinski definition) is 4. The van der Waals surface area contributed by atoms with E-state index in [1.165, 1.54) is 0 Å². The maximum atomic E-state index is 10.9.